The highest BCUT2D eigenvalue weighted by Gasteiger charge is 2.24. The Balaban J connectivity index is 2.46. The van der Waals surface area contributed by atoms with Crippen LogP contribution in [-0.4, -0.2) is 51.9 Å². The molecular formula is C19H31N3O3S. The van der Waals surface area contributed by atoms with Gasteiger partial charge in [-0.3, -0.25) is 4.79 Å². The molecule has 1 N–H and O–H groups in total. The molecule has 0 aromatic heterocycles. The molecule has 0 saturated carbocycles. The lowest BCUT2D eigenvalue weighted by Crippen LogP contribution is -2.37. The smallest absolute Gasteiger partial charge is 0.253 e. The summed E-state index contributed by atoms with van der Waals surface area (Å²) >= 11 is 0. The van der Waals surface area contributed by atoms with Crippen molar-refractivity contribution < 1.29 is 13.2 Å². The van der Waals surface area contributed by atoms with Gasteiger partial charge in [-0.15, -0.1) is 0 Å². The number of nitrogens with zero attached hydrogens (tertiary/aromatic N) is 2. The molecule has 1 saturated heterocycles. The van der Waals surface area contributed by atoms with E-state index in [9.17, 15) is 13.2 Å². The SMILES string of the molecule is CCC(CC)NC(=O)c1cc(S(=O)(=O)N(C)C)ccc1N1CCCCC1. The van der Waals surface area contributed by atoms with E-state index in [-0.39, 0.29) is 16.8 Å². The number of benzene rings is 1. The van der Waals surface area contributed by atoms with Crippen molar-refractivity contribution in [1.82, 2.24) is 9.62 Å². The number of sulfonamides is 1. The van der Waals surface area contributed by atoms with Gasteiger partial charge in [0.25, 0.3) is 5.91 Å². The van der Waals surface area contributed by atoms with Crippen molar-refractivity contribution in [3.8, 4) is 0 Å². The largest absolute Gasteiger partial charge is 0.371 e. The second-order valence-electron chi connectivity index (χ2n) is 7.00. The summed E-state index contributed by atoms with van der Waals surface area (Å²) in [5, 5.41) is 3.05. The first kappa shape index (κ1) is 20.7. The van der Waals surface area contributed by atoms with Crippen molar-refractivity contribution in [2.45, 2.75) is 56.9 Å². The van der Waals surface area contributed by atoms with Crippen LogP contribution in [0.15, 0.2) is 23.1 Å². The third kappa shape index (κ3) is 4.57. The minimum absolute atomic E-state index is 0.0887. The van der Waals surface area contributed by atoms with Crippen LogP contribution in [0.5, 0.6) is 0 Å². The summed E-state index contributed by atoms with van der Waals surface area (Å²) in [5.74, 6) is -0.199. The predicted octanol–water partition coefficient (Wildman–Crippen LogP) is 2.85. The highest BCUT2D eigenvalue weighted by molar-refractivity contribution is 7.89. The molecule has 26 heavy (non-hydrogen) atoms. The zero-order chi connectivity index (χ0) is 19.3. The third-order valence-corrected chi connectivity index (χ3v) is 6.82. The van der Waals surface area contributed by atoms with Crippen molar-refractivity contribution in [3.63, 3.8) is 0 Å². The Hall–Kier alpha value is -1.60. The Morgan fingerprint density at radius 1 is 1.15 bits per heavy atom. The summed E-state index contributed by atoms with van der Waals surface area (Å²) in [6, 6.07) is 5.00. The van der Waals surface area contributed by atoms with E-state index in [2.05, 4.69) is 10.2 Å². The first-order valence-electron chi connectivity index (χ1n) is 9.43. The molecule has 1 amide bonds. The van der Waals surface area contributed by atoms with E-state index in [4.69, 9.17) is 0 Å². The van der Waals surface area contributed by atoms with Crippen molar-refractivity contribution in [2.75, 3.05) is 32.1 Å². The third-order valence-electron chi connectivity index (χ3n) is 5.01. The number of rotatable bonds is 7. The molecule has 1 aliphatic rings. The second-order valence-corrected chi connectivity index (χ2v) is 9.15. The first-order valence-corrected chi connectivity index (χ1v) is 10.9. The number of carbonyl (C=O) groups is 1. The van der Waals surface area contributed by atoms with Crippen molar-refractivity contribution in [2.24, 2.45) is 0 Å². The van der Waals surface area contributed by atoms with E-state index < -0.39 is 10.0 Å². The van der Waals surface area contributed by atoms with Gasteiger partial charge in [0.2, 0.25) is 10.0 Å². The fourth-order valence-corrected chi connectivity index (χ4v) is 4.16. The van der Waals surface area contributed by atoms with Crippen LogP contribution in [0, 0.1) is 0 Å². The maximum absolute atomic E-state index is 12.9. The number of carbonyl (C=O) groups excluding carboxylic acids is 1. The topological polar surface area (TPSA) is 69.7 Å². The lowest BCUT2D eigenvalue weighted by Gasteiger charge is -2.31. The van der Waals surface area contributed by atoms with E-state index in [1.54, 1.807) is 12.1 Å². The van der Waals surface area contributed by atoms with Crippen molar-refractivity contribution in [1.29, 1.82) is 0 Å². The average molecular weight is 382 g/mol. The minimum atomic E-state index is -3.59. The van der Waals surface area contributed by atoms with Gasteiger partial charge in [-0.25, -0.2) is 12.7 Å². The molecule has 0 spiro atoms. The van der Waals surface area contributed by atoms with E-state index >= 15 is 0 Å². The van der Waals surface area contributed by atoms with Gasteiger partial charge >= 0.3 is 0 Å². The monoisotopic (exact) mass is 381 g/mol. The molecule has 146 valence electrons. The molecule has 1 fully saturated rings. The molecule has 0 unspecified atom stereocenters. The Labute approximate surface area is 157 Å². The normalized spacial score (nSPS) is 15.5. The van der Waals surface area contributed by atoms with Gasteiger partial charge in [-0.2, -0.15) is 0 Å². The van der Waals surface area contributed by atoms with E-state index in [0.29, 0.717) is 5.56 Å². The summed E-state index contributed by atoms with van der Waals surface area (Å²) in [5.41, 5.74) is 1.27. The maximum atomic E-state index is 12.9. The van der Waals surface area contributed by atoms with Gasteiger partial charge in [0, 0.05) is 38.9 Å². The van der Waals surface area contributed by atoms with E-state index in [0.717, 1.165) is 44.5 Å². The summed E-state index contributed by atoms with van der Waals surface area (Å²) in [7, 11) is -0.589. The van der Waals surface area contributed by atoms with Gasteiger partial charge in [0.1, 0.15) is 0 Å². The fourth-order valence-electron chi connectivity index (χ4n) is 3.23. The predicted molar refractivity (Wildman–Crippen MR) is 105 cm³/mol. The Kier molecular flexibility index (Phi) is 7.06. The quantitative estimate of drug-likeness (QED) is 0.788. The number of hydrogen-bond acceptors (Lipinski definition) is 4. The van der Waals surface area contributed by atoms with E-state index in [1.807, 2.05) is 13.8 Å². The highest BCUT2D eigenvalue weighted by atomic mass is 32.2. The van der Waals surface area contributed by atoms with Crippen molar-refractivity contribution >= 4 is 21.6 Å². The number of hydrogen-bond donors (Lipinski definition) is 1. The molecule has 0 aliphatic carbocycles. The number of piperidine rings is 1. The van der Waals surface area contributed by atoms with Crippen LogP contribution in [0.3, 0.4) is 0 Å². The van der Waals surface area contributed by atoms with Crippen LogP contribution in [0.4, 0.5) is 5.69 Å². The maximum Gasteiger partial charge on any atom is 0.253 e. The average Bonchev–Trinajstić information content (AvgIpc) is 2.65. The van der Waals surface area contributed by atoms with Gasteiger partial charge in [-0.05, 0) is 50.3 Å². The van der Waals surface area contributed by atoms with Gasteiger partial charge < -0.3 is 10.2 Å². The zero-order valence-electron chi connectivity index (χ0n) is 16.3. The van der Waals surface area contributed by atoms with Crippen LogP contribution >= 0.6 is 0 Å². The molecule has 0 bridgehead atoms. The van der Waals surface area contributed by atoms with Crippen LogP contribution in [-0.2, 0) is 10.0 Å². The van der Waals surface area contributed by atoms with Gasteiger partial charge in [-0.1, -0.05) is 13.8 Å². The summed E-state index contributed by atoms with van der Waals surface area (Å²) in [4.78, 5) is 15.3. The Bertz CT molecular complexity index is 722. The number of anilines is 1. The van der Waals surface area contributed by atoms with Crippen LogP contribution in [0.1, 0.15) is 56.3 Å². The lowest BCUT2D eigenvalue weighted by molar-refractivity contribution is 0.0935. The zero-order valence-corrected chi connectivity index (χ0v) is 17.1. The molecule has 2 rings (SSSR count). The Morgan fingerprint density at radius 3 is 2.31 bits per heavy atom. The first-order chi connectivity index (χ1) is 12.3. The van der Waals surface area contributed by atoms with Crippen LogP contribution in [0.2, 0.25) is 0 Å². The molecule has 0 atom stereocenters. The summed E-state index contributed by atoms with van der Waals surface area (Å²) in [6.45, 7) is 5.86. The summed E-state index contributed by atoms with van der Waals surface area (Å²) < 4.78 is 26.2. The molecule has 1 aliphatic heterocycles. The summed E-state index contributed by atoms with van der Waals surface area (Å²) in [6.07, 6.45) is 5.06. The van der Waals surface area contributed by atoms with Gasteiger partial charge in [0.05, 0.1) is 10.5 Å². The molecule has 0 radical (unpaired) electrons. The molecule has 7 heteroatoms. The molecule has 1 aromatic carbocycles. The lowest BCUT2D eigenvalue weighted by atomic mass is 10.1. The Morgan fingerprint density at radius 2 is 1.77 bits per heavy atom. The molecule has 1 aromatic rings. The fraction of sp³-hybridized carbons (Fsp3) is 0.632. The second kappa shape index (κ2) is 8.86. The number of amides is 1. The highest BCUT2D eigenvalue weighted by Crippen LogP contribution is 2.28. The number of nitrogens with one attached hydrogen (secondary N) is 1. The van der Waals surface area contributed by atoms with Crippen molar-refractivity contribution in [3.05, 3.63) is 23.8 Å². The molecule has 1 heterocycles. The standard InChI is InChI=1S/C19H31N3O3S/c1-5-15(6-2)20-19(23)17-14-16(26(24,25)21(3)4)10-11-18(17)22-12-8-7-9-13-22/h10-11,14-15H,5-9,12-13H2,1-4H3,(H,20,23). The van der Waals surface area contributed by atoms with E-state index in [1.165, 1.54) is 30.9 Å². The van der Waals surface area contributed by atoms with Crippen LogP contribution < -0.4 is 10.2 Å². The van der Waals surface area contributed by atoms with Crippen LogP contribution in [0.25, 0.3) is 0 Å². The molecule has 6 nitrogen and oxygen atoms in total. The van der Waals surface area contributed by atoms with Gasteiger partial charge in [0.15, 0.2) is 0 Å². The molecular weight excluding hydrogens is 350 g/mol. The minimum Gasteiger partial charge on any atom is -0.371 e.